The van der Waals surface area contributed by atoms with Crippen molar-refractivity contribution in [2.75, 3.05) is 6.61 Å². The van der Waals surface area contributed by atoms with Crippen molar-refractivity contribution >= 4 is 21.9 Å². The van der Waals surface area contributed by atoms with Gasteiger partial charge in [0.15, 0.2) is 0 Å². The zero-order chi connectivity index (χ0) is 23.4. The van der Waals surface area contributed by atoms with Gasteiger partial charge < -0.3 is 19.9 Å². The number of rotatable bonds is 6. The van der Waals surface area contributed by atoms with Crippen LogP contribution in [0.4, 0.5) is 0 Å². The molecule has 0 unspecified atom stereocenters. The molecule has 1 aliphatic rings. The third kappa shape index (κ3) is 4.61. The molecule has 33 heavy (non-hydrogen) atoms. The lowest BCUT2D eigenvalue weighted by atomic mass is 9.83. The molecule has 1 heterocycles. The van der Waals surface area contributed by atoms with Gasteiger partial charge >= 0.3 is 5.97 Å². The minimum Gasteiger partial charge on any atom is -0.490 e. The van der Waals surface area contributed by atoms with E-state index in [0.29, 0.717) is 39.5 Å². The maximum atomic E-state index is 12.6. The number of hydrogen-bond acceptors (Lipinski definition) is 6. The lowest BCUT2D eigenvalue weighted by molar-refractivity contribution is 0.0733. The number of carbonyl (C=O) groups excluding carboxylic acids is 1. The molecule has 6 nitrogen and oxygen atoms in total. The lowest BCUT2D eigenvalue weighted by Gasteiger charge is -2.26. The summed E-state index contributed by atoms with van der Waals surface area (Å²) in [6, 6.07) is 21.6. The summed E-state index contributed by atoms with van der Waals surface area (Å²) in [7, 11) is 0. The number of nitriles is 1. The third-order valence-corrected chi connectivity index (χ3v) is 5.77. The average molecular weight is 503 g/mol. The van der Waals surface area contributed by atoms with E-state index < -0.39 is 11.9 Å². The van der Waals surface area contributed by atoms with Crippen molar-refractivity contribution in [3.8, 4) is 23.3 Å². The molecule has 0 bridgehead atoms. The van der Waals surface area contributed by atoms with Gasteiger partial charge in [-0.1, -0.05) is 43.0 Å². The molecule has 3 aromatic rings. The number of ether oxygens (including phenoxy) is 3. The van der Waals surface area contributed by atoms with Crippen LogP contribution in [0.5, 0.6) is 17.2 Å². The highest BCUT2D eigenvalue weighted by Gasteiger charge is 2.31. The Kier molecular flexibility index (Phi) is 6.48. The van der Waals surface area contributed by atoms with Crippen molar-refractivity contribution in [2.24, 2.45) is 5.73 Å². The Balaban J connectivity index is 1.66. The molecule has 7 heteroatoms. The van der Waals surface area contributed by atoms with Crippen LogP contribution in [0.15, 0.2) is 95.3 Å². The molecule has 0 amide bonds. The second-order valence-corrected chi connectivity index (χ2v) is 8.02. The summed E-state index contributed by atoms with van der Waals surface area (Å²) < 4.78 is 17.4. The number of halogens is 1. The van der Waals surface area contributed by atoms with Crippen LogP contribution in [-0.2, 0) is 0 Å². The molecule has 0 saturated heterocycles. The lowest BCUT2D eigenvalue weighted by Crippen LogP contribution is -2.21. The summed E-state index contributed by atoms with van der Waals surface area (Å²) in [5.74, 6) is 0.480. The maximum Gasteiger partial charge on any atom is 0.344 e. The van der Waals surface area contributed by atoms with Gasteiger partial charge in [-0.05, 0) is 51.8 Å². The number of nitrogens with two attached hydrogens (primary N) is 1. The first-order chi connectivity index (χ1) is 16.0. The molecule has 164 valence electrons. The van der Waals surface area contributed by atoms with Crippen molar-refractivity contribution in [3.63, 3.8) is 0 Å². The van der Waals surface area contributed by atoms with Gasteiger partial charge in [-0.3, -0.25) is 0 Å². The first-order valence-electron chi connectivity index (χ1n) is 10.0. The van der Waals surface area contributed by atoms with Crippen molar-refractivity contribution in [3.05, 3.63) is 112 Å². The van der Waals surface area contributed by atoms with E-state index in [-0.39, 0.29) is 5.88 Å². The zero-order valence-corrected chi connectivity index (χ0v) is 19.0. The van der Waals surface area contributed by atoms with Gasteiger partial charge in [0, 0.05) is 16.1 Å². The molecule has 1 atom stereocenters. The van der Waals surface area contributed by atoms with Crippen molar-refractivity contribution in [1.82, 2.24) is 0 Å². The fraction of sp³-hybridized carbons (Fsp3) is 0.0769. The second kappa shape index (κ2) is 9.63. The Hall–Kier alpha value is -4.02. The first kappa shape index (κ1) is 22.2. The largest absolute Gasteiger partial charge is 0.490 e. The predicted octanol–water partition coefficient (Wildman–Crippen LogP) is 5.45. The Morgan fingerprint density at radius 2 is 1.88 bits per heavy atom. The molecule has 0 radical (unpaired) electrons. The number of nitrogens with zero attached hydrogens (tertiary/aromatic N) is 1. The summed E-state index contributed by atoms with van der Waals surface area (Å²) in [6.45, 7) is 4.04. The quantitative estimate of drug-likeness (QED) is 0.273. The van der Waals surface area contributed by atoms with Crippen LogP contribution in [-0.4, -0.2) is 12.6 Å². The number of esters is 1. The van der Waals surface area contributed by atoms with E-state index >= 15 is 0 Å². The highest BCUT2D eigenvalue weighted by molar-refractivity contribution is 9.10. The summed E-state index contributed by atoms with van der Waals surface area (Å²) in [5, 5.41) is 9.74. The predicted molar refractivity (Wildman–Crippen MR) is 127 cm³/mol. The van der Waals surface area contributed by atoms with Crippen LogP contribution in [0.25, 0.3) is 0 Å². The van der Waals surface area contributed by atoms with Crippen LogP contribution < -0.4 is 19.9 Å². The molecule has 4 rings (SSSR count). The van der Waals surface area contributed by atoms with Gasteiger partial charge in [-0.15, -0.1) is 0 Å². The highest BCUT2D eigenvalue weighted by Crippen LogP contribution is 2.43. The summed E-state index contributed by atoms with van der Waals surface area (Å²) in [5.41, 5.74) is 8.37. The van der Waals surface area contributed by atoms with Gasteiger partial charge in [0.05, 0.1) is 11.5 Å². The van der Waals surface area contributed by atoms with E-state index in [1.165, 1.54) is 0 Å². The molecule has 0 fully saturated rings. The maximum absolute atomic E-state index is 12.6. The molecular weight excluding hydrogens is 484 g/mol. The molecule has 0 aromatic heterocycles. The molecular formula is C26H19BrN2O4. The van der Waals surface area contributed by atoms with E-state index in [0.717, 1.165) is 11.1 Å². The molecule has 0 spiro atoms. The monoisotopic (exact) mass is 502 g/mol. The summed E-state index contributed by atoms with van der Waals surface area (Å²) in [6.07, 6.45) is 1.67. The Bertz CT molecular complexity index is 1290. The Labute approximate surface area is 199 Å². The van der Waals surface area contributed by atoms with E-state index in [9.17, 15) is 10.1 Å². The number of fused-ring (bicyclic) bond motifs is 1. The van der Waals surface area contributed by atoms with Crippen LogP contribution in [0, 0.1) is 11.3 Å². The van der Waals surface area contributed by atoms with Gasteiger partial charge in [0.25, 0.3) is 0 Å². The highest BCUT2D eigenvalue weighted by atomic mass is 79.9. The van der Waals surface area contributed by atoms with Crippen molar-refractivity contribution in [1.29, 1.82) is 5.26 Å². The first-order valence-corrected chi connectivity index (χ1v) is 10.8. The fourth-order valence-corrected chi connectivity index (χ4v) is 3.99. The van der Waals surface area contributed by atoms with Crippen LogP contribution in [0.1, 0.15) is 27.4 Å². The summed E-state index contributed by atoms with van der Waals surface area (Å²) in [4.78, 5) is 12.6. The SMILES string of the molecule is C=CCOc1ccc([C@@H]2C(C#N)=C(N)Oc3cc(OC(=O)c4ccccc4Br)ccc32)cc1. The number of benzene rings is 3. The van der Waals surface area contributed by atoms with Crippen LogP contribution >= 0.6 is 15.9 Å². The minimum absolute atomic E-state index is 0.0104. The minimum atomic E-state index is -0.508. The van der Waals surface area contributed by atoms with Crippen LogP contribution in [0.2, 0.25) is 0 Å². The number of hydrogen-bond donors (Lipinski definition) is 1. The standard InChI is InChI=1S/C26H19BrN2O4/c1-2-13-31-17-9-7-16(8-10-17)24-20-12-11-18(14-23(20)33-25(29)21(24)15-28)32-26(30)19-5-3-4-6-22(19)27/h2-12,14,24H,1,13,29H2/t24-/m0/s1. The van der Waals surface area contributed by atoms with E-state index in [1.807, 2.05) is 30.3 Å². The van der Waals surface area contributed by atoms with Crippen LogP contribution in [0.3, 0.4) is 0 Å². The van der Waals surface area contributed by atoms with Gasteiger partial charge in [-0.25, -0.2) is 4.79 Å². The fourth-order valence-electron chi connectivity index (χ4n) is 3.54. The number of allylic oxidation sites excluding steroid dienone is 1. The summed E-state index contributed by atoms with van der Waals surface area (Å²) >= 11 is 3.35. The molecule has 2 N–H and O–H groups in total. The van der Waals surface area contributed by atoms with Gasteiger partial charge in [-0.2, -0.15) is 5.26 Å². The normalized spacial score (nSPS) is 14.5. The molecule has 3 aromatic carbocycles. The number of carbonyl (C=O) groups is 1. The van der Waals surface area contributed by atoms with Gasteiger partial charge in [0.1, 0.15) is 35.5 Å². The average Bonchev–Trinajstić information content (AvgIpc) is 2.82. The molecule has 0 aliphatic carbocycles. The van der Waals surface area contributed by atoms with Crippen molar-refractivity contribution in [2.45, 2.75) is 5.92 Å². The molecule has 0 saturated carbocycles. The third-order valence-electron chi connectivity index (χ3n) is 5.08. The zero-order valence-electron chi connectivity index (χ0n) is 17.5. The van der Waals surface area contributed by atoms with E-state index in [2.05, 4.69) is 28.6 Å². The molecule has 1 aliphatic heterocycles. The topological polar surface area (TPSA) is 94.6 Å². The second-order valence-electron chi connectivity index (χ2n) is 7.16. The van der Waals surface area contributed by atoms with Gasteiger partial charge in [0.2, 0.25) is 5.88 Å². The smallest absolute Gasteiger partial charge is 0.344 e. The van der Waals surface area contributed by atoms with E-state index in [4.69, 9.17) is 19.9 Å². The Morgan fingerprint density at radius 1 is 1.15 bits per heavy atom. The van der Waals surface area contributed by atoms with E-state index in [1.54, 1.807) is 42.5 Å². The Morgan fingerprint density at radius 3 is 2.58 bits per heavy atom. The van der Waals surface area contributed by atoms with Crippen molar-refractivity contribution < 1.29 is 19.0 Å².